The number of rotatable bonds is 9. The summed E-state index contributed by atoms with van der Waals surface area (Å²) in [4.78, 5) is 31.4. The van der Waals surface area contributed by atoms with Gasteiger partial charge in [-0.05, 0) is 43.2 Å². The van der Waals surface area contributed by atoms with Gasteiger partial charge >= 0.3 is 11.7 Å². The first-order valence-corrected chi connectivity index (χ1v) is 14.8. The van der Waals surface area contributed by atoms with Gasteiger partial charge < -0.3 is 14.1 Å². The van der Waals surface area contributed by atoms with Crippen molar-refractivity contribution in [1.29, 1.82) is 0 Å². The third-order valence-electron chi connectivity index (χ3n) is 7.14. The summed E-state index contributed by atoms with van der Waals surface area (Å²) in [5.41, 5.74) is 0.449. The first kappa shape index (κ1) is 30.4. The predicted molar refractivity (Wildman–Crippen MR) is 155 cm³/mol. The minimum absolute atomic E-state index is 0.113. The molecule has 0 saturated carbocycles. The molecule has 41 heavy (non-hydrogen) atoms. The molecule has 2 aromatic carbocycles. The van der Waals surface area contributed by atoms with Gasteiger partial charge in [0, 0.05) is 83.3 Å². The van der Waals surface area contributed by atoms with Crippen molar-refractivity contribution in [2.75, 3.05) is 52.0 Å². The lowest BCUT2D eigenvalue weighted by Gasteiger charge is -2.37. The zero-order valence-electron chi connectivity index (χ0n) is 23.9. The number of carbonyl (C=O) groups excluding carboxylic acids is 1. The molecule has 1 saturated heterocycles. The van der Waals surface area contributed by atoms with Crippen molar-refractivity contribution in [1.82, 2.24) is 19.4 Å². The summed E-state index contributed by atoms with van der Waals surface area (Å²) in [6.45, 7) is 8.06. The van der Waals surface area contributed by atoms with Crippen molar-refractivity contribution < 1.29 is 26.8 Å². The fourth-order valence-electron chi connectivity index (χ4n) is 4.74. The highest BCUT2D eigenvalue weighted by molar-refractivity contribution is 7.90. The third kappa shape index (κ3) is 7.22. The van der Waals surface area contributed by atoms with Gasteiger partial charge in [-0.25, -0.2) is 18.7 Å². The molecule has 1 aliphatic heterocycles. The second-order valence-electron chi connectivity index (χ2n) is 10.4. The fraction of sp³-hybridized carbons (Fsp3) is 0.429. The average molecular weight is 590 g/mol. The zero-order chi connectivity index (χ0) is 29.9. The summed E-state index contributed by atoms with van der Waals surface area (Å²) in [5.74, 6) is -0.563. The molecule has 0 atom stereocenters. The van der Waals surface area contributed by atoms with Crippen molar-refractivity contribution in [3.8, 4) is 5.75 Å². The third-order valence-corrected chi connectivity index (χ3v) is 8.17. The van der Waals surface area contributed by atoms with Crippen LogP contribution in [0.3, 0.4) is 0 Å². The van der Waals surface area contributed by atoms with Gasteiger partial charge in [0.15, 0.2) is 5.82 Å². The molecule has 0 aliphatic carbocycles. The van der Waals surface area contributed by atoms with E-state index >= 15 is 4.39 Å². The van der Waals surface area contributed by atoms with Gasteiger partial charge in [-0.3, -0.25) is 14.5 Å². The van der Waals surface area contributed by atoms with E-state index in [2.05, 4.69) is 33.1 Å². The van der Waals surface area contributed by atoms with Crippen LogP contribution < -0.4 is 19.8 Å². The lowest BCUT2D eigenvalue weighted by molar-refractivity contribution is 0.104. The Morgan fingerprint density at radius 2 is 1.83 bits per heavy atom. The normalized spacial score (nSPS) is 14.9. The van der Waals surface area contributed by atoms with E-state index in [0.717, 1.165) is 26.2 Å². The molecule has 1 aliphatic rings. The summed E-state index contributed by atoms with van der Waals surface area (Å²) in [6.07, 6.45) is -0.687. The number of piperazine rings is 1. The summed E-state index contributed by atoms with van der Waals surface area (Å²) in [6, 6.07) is 9.61. The maximum Gasteiger partial charge on any atom is 0.414 e. The number of benzene rings is 2. The highest BCUT2D eigenvalue weighted by Crippen LogP contribution is 2.29. The monoisotopic (exact) mass is 589 g/mol. The number of ether oxygens (including phenoxy) is 1. The number of fused-ring (bicyclic) bond motifs is 1. The average Bonchev–Trinajstić information content (AvgIpc) is 2.92. The molecule has 0 spiro atoms. The summed E-state index contributed by atoms with van der Waals surface area (Å²) in [7, 11) is 0.386. The molecule has 2 N–H and O–H groups in total. The lowest BCUT2D eigenvalue weighted by atomic mass is 9.97. The second-order valence-corrected chi connectivity index (χ2v) is 12.1. The van der Waals surface area contributed by atoms with Crippen LogP contribution in [-0.2, 0) is 23.2 Å². The molecule has 4 rings (SSSR count). The van der Waals surface area contributed by atoms with E-state index in [9.17, 15) is 18.0 Å². The van der Waals surface area contributed by atoms with Gasteiger partial charge in [-0.2, -0.15) is 8.42 Å². The molecular formula is C28H36FN5O6S. The maximum absolute atomic E-state index is 15.5. The van der Waals surface area contributed by atoms with E-state index in [1.807, 2.05) is 0 Å². The highest BCUT2D eigenvalue weighted by Gasteiger charge is 2.24. The Bertz CT molecular complexity index is 1580. The molecular weight excluding hydrogens is 553 g/mol. The minimum Gasteiger partial charge on any atom is -0.422 e. The molecule has 222 valence electrons. The molecule has 3 aromatic rings. The lowest BCUT2D eigenvalue weighted by Crippen LogP contribution is -2.48. The van der Waals surface area contributed by atoms with E-state index in [0.29, 0.717) is 23.5 Å². The molecule has 1 fully saturated rings. The molecule has 1 amide bonds. The van der Waals surface area contributed by atoms with Crippen LogP contribution in [0.15, 0.2) is 45.6 Å². The number of halogens is 1. The molecule has 1 aromatic heterocycles. The first-order valence-electron chi connectivity index (χ1n) is 13.3. The molecule has 11 nitrogen and oxygen atoms in total. The van der Waals surface area contributed by atoms with Crippen molar-refractivity contribution >= 4 is 33.0 Å². The molecule has 0 radical (unpaired) electrons. The van der Waals surface area contributed by atoms with Gasteiger partial charge in [-0.15, -0.1) is 0 Å². The number of nitrogens with one attached hydrogen (secondary N) is 2. The predicted octanol–water partition coefficient (Wildman–Crippen LogP) is 2.99. The quantitative estimate of drug-likeness (QED) is 0.365. The molecule has 13 heteroatoms. The van der Waals surface area contributed by atoms with Gasteiger partial charge in [0.05, 0.1) is 5.69 Å². The van der Waals surface area contributed by atoms with Gasteiger partial charge in [0.1, 0.15) is 11.3 Å². The first-order chi connectivity index (χ1) is 19.4. The number of hydrogen-bond donors (Lipinski definition) is 2. The number of anilines is 1. The van der Waals surface area contributed by atoms with Crippen LogP contribution in [0.5, 0.6) is 5.75 Å². The van der Waals surface area contributed by atoms with Crippen LogP contribution in [0, 0.1) is 5.82 Å². The largest absolute Gasteiger partial charge is 0.422 e. The van der Waals surface area contributed by atoms with E-state index in [-0.39, 0.29) is 34.6 Å². The zero-order valence-corrected chi connectivity index (χ0v) is 24.7. The second kappa shape index (κ2) is 12.6. The molecule has 0 bridgehead atoms. The van der Waals surface area contributed by atoms with Crippen molar-refractivity contribution in [3.05, 3.63) is 69.3 Å². The van der Waals surface area contributed by atoms with Crippen LogP contribution in [-0.4, -0.2) is 82.6 Å². The van der Waals surface area contributed by atoms with E-state index in [4.69, 9.17) is 9.15 Å². The Morgan fingerprint density at radius 1 is 1.12 bits per heavy atom. The highest BCUT2D eigenvalue weighted by atomic mass is 32.2. The van der Waals surface area contributed by atoms with Crippen LogP contribution >= 0.6 is 0 Å². The molecule has 0 unspecified atom stereocenters. The van der Waals surface area contributed by atoms with Crippen molar-refractivity contribution in [3.63, 3.8) is 0 Å². The van der Waals surface area contributed by atoms with Crippen LogP contribution in [0.1, 0.15) is 30.5 Å². The van der Waals surface area contributed by atoms with Crippen molar-refractivity contribution in [2.24, 2.45) is 0 Å². The SMILES string of the molecule is CNS(=O)(=O)Nc1cccc(Cc2c(CN3CCN(C(C)C)CC3)c3ccc(OC(=O)N(C)C)cc3oc2=O)c1F. The fourth-order valence-corrected chi connectivity index (χ4v) is 5.29. The van der Waals surface area contributed by atoms with Gasteiger partial charge in [-0.1, -0.05) is 12.1 Å². The van der Waals surface area contributed by atoms with Crippen LogP contribution in [0.25, 0.3) is 11.0 Å². The topological polar surface area (TPSA) is 124 Å². The Morgan fingerprint density at radius 3 is 2.46 bits per heavy atom. The smallest absolute Gasteiger partial charge is 0.414 e. The maximum atomic E-state index is 15.5. The summed E-state index contributed by atoms with van der Waals surface area (Å²) >= 11 is 0. The van der Waals surface area contributed by atoms with E-state index in [1.54, 1.807) is 26.2 Å². The van der Waals surface area contributed by atoms with Crippen LogP contribution in [0.4, 0.5) is 14.9 Å². The summed E-state index contributed by atoms with van der Waals surface area (Å²) in [5, 5.41) is 0.642. The number of hydrogen-bond acceptors (Lipinski definition) is 8. The standard InChI is InChI=1S/C28H36FN5O6S/c1-18(2)34-13-11-33(12-14-34)17-23-21-10-9-20(39-28(36)32(4)5)16-25(21)40-27(35)22(23)15-19-7-6-8-24(26(19)29)31-41(37,38)30-3/h6-10,16,18,30-31H,11-15,17H2,1-5H3. The summed E-state index contributed by atoms with van der Waals surface area (Å²) < 4.78 is 54.7. The van der Waals surface area contributed by atoms with E-state index in [1.165, 1.54) is 36.2 Å². The number of nitrogens with zero attached hydrogens (tertiary/aromatic N) is 3. The Labute approximate surface area is 239 Å². The Kier molecular flexibility index (Phi) is 9.32. The van der Waals surface area contributed by atoms with Crippen molar-refractivity contribution in [2.45, 2.75) is 32.9 Å². The Hall–Kier alpha value is -3.52. The van der Waals surface area contributed by atoms with Crippen LogP contribution in [0.2, 0.25) is 0 Å². The van der Waals surface area contributed by atoms with Gasteiger partial charge in [0.25, 0.3) is 10.2 Å². The minimum atomic E-state index is -3.95. The van der Waals surface area contributed by atoms with E-state index < -0.39 is 27.7 Å². The number of carbonyl (C=O) groups is 1. The number of amides is 1. The molecule has 2 heterocycles. The van der Waals surface area contributed by atoms with Gasteiger partial charge in [0.2, 0.25) is 0 Å². The Balaban J connectivity index is 1.76.